The highest BCUT2D eigenvalue weighted by Gasteiger charge is 2.17. The van der Waals surface area contributed by atoms with Gasteiger partial charge in [-0.3, -0.25) is 0 Å². The quantitative estimate of drug-likeness (QED) is 0.819. The van der Waals surface area contributed by atoms with Gasteiger partial charge >= 0.3 is 0 Å². The van der Waals surface area contributed by atoms with E-state index >= 15 is 0 Å². The van der Waals surface area contributed by atoms with Crippen molar-refractivity contribution in [3.8, 4) is 0 Å². The van der Waals surface area contributed by atoms with Crippen LogP contribution in [-0.2, 0) is 0 Å². The molecule has 3 heteroatoms. The fourth-order valence-electron chi connectivity index (χ4n) is 2.26. The van der Waals surface area contributed by atoms with Crippen LogP contribution in [0.2, 0.25) is 0 Å². The molecule has 0 aromatic heterocycles. The molecule has 2 N–H and O–H groups in total. The van der Waals surface area contributed by atoms with E-state index in [1.807, 2.05) is 19.1 Å². The van der Waals surface area contributed by atoms with E-state index in [4.69, 9.17) is 0 Å². The molecule has 1 saturated heterocycles. The molecule has 16 heavy (non-hydrogen) atoms. The first-order valence-corrected chi connectivity index (χ1v) is 5.98. The van der Waals surface area contributed by atoms with E-state index in [2.05, 4.69) is 10.6 Å². The van der Waals surface area contributed by atoms with E-state index in [-0.39, 0.29) is 11.9 Å². The van der Waals surface area contributed by atoms with Gasteiger partial charge in [0.15, 0.2) is 0 Å². The summed E-state index contributed by atoms with van der Waals surface area (Å²) < 4.78 is 13.5. The molecule has 1 heterocycles. The Morgan fingerprint density at radius 2 is 2.00 bits per heavy atom. The lowest BCUT2D eigenvalue weighted by molar-refractivity contribution is 0.355. The van der Waals surface area contributed by atoms with E-state index in [1.54, 1.807) is 6.07 Å². The molecular formula is C13H19FN2. The SMILES string of the molecule is CC(NC1CCNCC1)c1ccccc1F. The summed E-state index contributed by atoms with van der Waals surface area (Å²) in [5, 5.41) is 6.82. The summed E-state index contributed by atoms with van der Waals surface area (Å²) in [6.45, 7) is 4.14. The van der Waals surface area contributed by atoms with Crippen molar-refractivity contribution in [1.29, 1.82) is 0 Å². The second-order valence-corrected chi connectivity index (χ2v) is 4.43. The molecule has 2 nitrogen and oxygen atoms in total. The maximum absolute atomic E-state index is 13.5. The highest BCUT2D eigenvalue weighted by molar-refractivity contribution is 5.20. The smallest absolute Gasteiger partial charge is 0.127 e. The van der Waals surface area contributed by atoms with Crippen molar-refractivity contribution >= 4 is 0 Å². The molecule has 0 spiro atoms. The van der Waals surface area contributed by atoms with Crippen LogP contribution in [0.15, 0.2) is 24.3 Å². The number of hydrogen-bond acceptors (Lipinski definition) is 2. The van der Waals surface area contributed by atoms with Gasteiger partial charge in [-0.15, -0.1) is 0 Å². The third kappa shape index (κ3) is 2.80. The first-order valence-electron chi connectivity index (χ1n) is 5.98. The third-order valence-electron chi connectivity index (χ3n) is 3.20. The van der Waals surface area contributed by atoms with Gasteiger partial charge in [-0.1, -0.05) is 18.2 Å². The lowest BCUT2D eigenvalue weighted by Gasteiger charge is -2.27. The van der Waals surface area contributed by atoms with Crippen LogP contribution in [0.5, 0.6) is 0 Å². The zero-order valence-electron chi connectivity index (χ0n) is 9.67. The largest absolute Gasteiger partial charge is 0.317 e. The molecule has 88 valence electrons. The molecule has 1 unspecified atom stereocenters. The second kappa shape index (κ2) is 5.41. The van der Waals surface area contributed by atoms with E-state index in [0.29, 0.717) is 6.04 Å². The van der Waals surface area contributed by atoms with Crippen molar-refractivity contribution in [2.24, 2.45) is 0 Å². The van der Waals surface area contributed by atoms with Crippen LogP contribution in [-0.4, -0.2) is 19.1 Å². The minimum absolute atomic E-state index is 0.0873. The van der Waals surface area contributed by atoms with Crippen LogP contribution >= 0.6 is 0 Å². The Morgan fingerprint density at radius 1 is 1.31 bits per heavy atom. The molecular weight excluding hydrogens is 203 g/mol. The van der Waals surface area contributed by atoms with Crippen molar-refractivity contribution in [2.75, 3.05) is 13.1 Å². The number of nitrogens with one attached hydrogen (secondary N) is 2. The molecule has 0 saturated carbocycles. The Labute approximate surface area is 96.2 Å². The summed E-state index contributed by atoms with van der Waals surface area (Å²) in [6.07, 6.45) is 2.25. The Hall–Kier alpha value is -0.930. The van der Waals surface area contributed by atoms with Crippen LogP contribution in [0.1, 0.15) is 31.4 Å². The van der Waals surface area contributed by atoms with Crippen molar-refractivity contribution in [3.63, 3.8) is 0 Å². The summed E-state index contributed by atoms with van der Waals surface area (Å²) in [4.78, 5) is 0. The lowest BCUT2D eigenvalue weighted by Crippen LogP contribution is -2.41. The summed E-state index contributed by atoms with van der Waals surface area (Å²) in [5.41, 5.74) is 0.765. The highest BCUT2D eigenvalue weighted by atomic mass is 19.1. The molecule has 0 aliphatic carbocycles. The molecule has 1 aliphatic rings. The highest BCUT2D eigenvalue weighted by Crippen LogP contribution is 2.18. The Kier molecular flexibility index (Phi) is 3.91. The predicted molar refractivity (Wildman–Crippen MR) is 63.8 cm³/mol. The fraction of sp³-hybridized carbons (Fsp3) is 0.538. The average Bonchev–Trinajstić information content (AvgIpc) is 2.31. The van der Waals surface area contributed by atoms with Gasteiger partial charge in [-0.05, 0) is 38.9 Å². The van der Waals surface area contributed by atoms with E-state index < -0.39 is 0 Å². The minimum Gasteiger partial charge on any atom is -0.317 e. The van der Waals surface area contributed by atoms with Crippen LogP contribution < -0.4 is 10.6 Å². The van der Waals surface area contributed by atoms with Crippen LogP contribution in [0.3, 0.4) is 0 Å². The molecule has 2 rings (SSSR count). The first kappa shape index (κ1) is 11.6. The molecule has 1 aromatic carbocycles. The Balaban J connectivity index is 1.96. The Morgan fingerprint density at radius 3 is 2.69 bits per heavy atom. The van der Waals surface area contributed by atoms with E-state index in [0.717, 1.165) is 31.5 Å². The first-order chi connectivity index (χ1) is 7.77. The van der Waals surface area contributed by atoms with Gasteiger partial charge in [-0.25, -0.2) is 4.39 Å². The topological polar surface area (TPSA) is 24.1 Å². The fourth-order valence-corrected chi connectivity index (χ4v) is 2.26. The number of rotatable bonds is 3. The summed E-state index contributed by atoms with van der Waals surface area (Å²) in [7, 11) is 0. The molecule has 0 radical (unpaired) electrons. The second-order valence-electron chi connectivity index (χ2n) is 4.43. The van der Waals surface area contributed by atoms with Crippen molar-refractivity contribution < 1.29 is 4.39 Å². The average molecular weight is 222 g/mol. The van der Waals surface area contributed by atoms with E-state index in [1.165, 1.54) is 6.07 Å². The maximum atomic E-state index is 13.5. The van der Waals surface area contributed by atoms with Crippen molar-refractivity contribution in [1.82, 2.24) is 10.6 Å². The van der Waals surface area contributed by atoms with E-state index in [9.17, 15) is 4.39 Å². The van der Waals surface area contributed by atoms with Crippen LogP contribution in [0, 0.1) is 5.82 Å². The normalized spacial score (nSPS) is 19.6. The Bertz CT molecular complexity index is 334. The molecule has 1 aliphatic heterocycles. The summed E-state index contributed by atoms with van der Waals surface area (Å²) >= 11 is 0. The van der Waals surface area contributed by atoms with Gasteiger partial charge in [0.1, 0.15) is 5.82 Å². The molecule has 1 fully saturated rings. The number of benzene rings is 1. The standard InChI is InChI=1S/C13H19FN2/c1-10(12-4-2-3-5-13(12)14)16-11-6-8-15-9-7-11/h2-5,10-11,15-16H,6-9H2,1H3. The number of hydrogen-bond donors (Lipinski definition) is 2. The zero-order chi connectivity index (χ0) is 11.4. The predicted octanol–water partition coefficient (Wildman–Crippen LogP) is 2.23. The van der Waals surface area contributed by atoms with Gasteiger partial charge < -0.3 is 10.6 Å². The number of halogens is 1. The van der Waals surface area contributed by atoms with Gasteiger partial charge in [-0.2, -0.15) is 0 Å². The molecule has 1 aromatic rings. The zero-order valence-corrected chi connectivity index (χ0v) is 9.67. The maximum Gasteiger partial charge on any atom is 0.127 e. The van der Waals surface area contributed by atoms with Crippen LogP contribution in [0.25, 0.3) is 0 Å². The monoisotopic (exact) mass is 222 g/mol. The third-order valence-corrected chi connectivity index (χ3v) is 3.20. The number of piperidine rings is 1. The summed E-state index contributed by atoms with van der Waals surface area (Å²) in [6, 6.07) is 7.60. The van der Waals surface area contributed by atoms with Crippen molar-refractivity contribution in [2.45, 2.75) is 31.8 Å². The van der Waals surface area contributed by atoms with Gasteiger partial charge in [0.05, 0.1) is 0 Å². The van der Waals surface area contributed by atoms with Crippen LogP contribution in [0.4, 0.5) is 4.39 Å². The molecule has 1 atom stereocenters. The van der Waals surface area contributed by atoms with Crippen molar-refractivity contribution in [3.05, 3.63) is 35.6 Å². The van der Waals surface area contributed by atoms with Gasteiger partial charge in [0, 0.05) is 17.6 Å². The minimum atomic E-state index is -0.114. The van der Waals surface area contributed by atoms with Gasteiger partial charge in [0.25, 0.3) is 0 Å². The summed E-state index contributed by atoms with van der Waals surface area (Å²) in [5.74, 6) is -0.114. The van der Waals surface area contributed by atoms with Gasteiger partial charge in [0.2, 0.25) is 0 Å². The molecule has 0 amide bonds. The molecule has 0 bridgehead atoms. The lowest BCUT2D eigenvalue weighted by atomic mass is 10.0.